The fraction of sp³-hybridized carbons (Fsp3) is 0.200. The van der Waals surface area contributed by atoms with Crippen molar-refractivity contribution in [3.63, 3.8) is 0 Å². The molecule has 0 aromatic carbocycles. The van der Waals surface area contributed by atoms with E-state index in [-0.39, 0.29) is 114 Å². The van der Waals surface area contributed by atoms with E-state index >= 15 is 0 Å². The Balaban J connectivity index is -0.0000000843. The number of amides is 2. The zero-order valence-corrected chi connectivity index (χ0v) is 21.8. The zero-order chi connectivity index (χ0) is 18.7. The van der Waals surface area contributed by atoms with Crippen LogP contribution in [0.2, 0.25) is 0 Å². The van der Waals surface area contributed by atoms with Gasteiger partial charge in [0.1, 0.15) is 0 Å². The van der Waals surface area contributed by atoms with E-state index in [1.54, 1.807) is 0 Å². The van der Waals surface area contributed by atoms with Crippen LogP contribution in [0.4, 0.5) is 0 Å². The zero-order valence-electron chi connectivity index (χ0n) is 13.9. The Morgan fingerprint density at radius 1 is 0.750 bits per heavy atom. The van der Waals surface area contributed by atoms with Crippen molar-refractivity contribution < 1.29 is 138 Å². The molecule has 0 aliphatic heterocycles. The molecule has 0 bridgehead atoms. The molecule has 128 valence electrons. The smallest absolute Gasteiger partial charge is 0.731 e. The van der Waals surface area contributed by atoms with E-state index in [0.717, 1.165) is 0 Å². The van der Waals surface area contributed by atoms with Gasteiger partial charge in [0, 0.05) is 11.1 Å². The molecule has 2 N–H and O–H groups in total. The molecule has 0 aliphatic carbocycles. The summed E-state index contributed by atoms with van der Waals surface area (Å²) in [5, 5.41) is 0. The molecule has 0 saturated carbocycles. The second kappa shape index (κ2) is 17.7. The fourth-order valence-corrected chi connectivity index (χ4v) is 1.20. The van der Waals surface area contributed by atoms with Crippen LogP contribution in [0.25, 0.3) is 0 Å². The average molecular weight is 435 g/mol. The molecule has 0 spiro atoms. The molecule has 0 saturated heterocycles. The number of nitrogens with one attached hydrogen (secondary N) is 2. The molecule has 2 amide bonds. The molecule has 10 nitrogen and oxygen atoms in total. The minimum Gasteiger partial charge on any atom is -0.731 e. The van der Waals surface area contributed by atoms with Gasteiger partial charge in [0.15, 0.2) is 20.6 Å². The van der Waals surface area contributed by atoms with Gasteiger partial charge in [-0.2, -0.15) is 0 Å². The molecule has 0 aromatic rings. The number of rotatable bonds is 4. The minimum absolute atomic E-state index is 0. The first kappa shape index (κ1) is 36.2. The maximum atomic E-state index is 10.4. The van der Waals surface area contributed by atoms with Gasteiger partial charge in [0.05, 0.1) is 0 Å². The Bertz CT molecular complexity index is 588. The third-order valence-corrected chi connectivity index (χ3v) is 2.08. The summed E-state index contributed by atoms with van der Waals surface area (Å²) >= 11 is 0. The first-order valence-corrected chi connectivity index (χ1v) is 7.84. The second-order valence-electron chi connectivity index (χ2n) is 3.33. The second-order valence-corrected chi connectivity index (χ2v) is 5.56. The Morgan fingerprint density at radius 3 is 0.958 bits per heavy atom. The minimum atomic E-state index is -4.68. The van der Waals surface area contributed by atoms with Crippen molar-refractivity contribution in [2.24, 2.45) is 0 Å². The van der Waals surface area contributed by atoms with Crippen molar-refractivity contribution in [1.29, 1.82) is 0 Å². The van der Waals surface area contributed by atoms with Gasteiger partial charge in [0.2, 0.25) is 0 Å². The third kappa shape index (κ3) is 31.1. The van der Waals surface area contributed by atoms with Gasteiger partial charge in [-0.15, -0.1) is 13.2 Å². The summed E-state index contributed by atoms with van der Waals surface area (Å²) in [6.07, 6.45) is 0. The molecular formula is C10H16K2N2O8S2. The number of hydrogen-bond acceptors (Lipinski definition) is 8. The van der Waals surface area contributed by atoms with Crippen molar-refractivity contribution >= 4 is 32.4 Å². The van der Waals surface area contributed by atoms with Crippen LogP contribution in [-0.4, -0.2) is 37.8 Å². The Morgan fingerprint density at radius 2 is 0.917 bits per heavy atom. The molecule has 0 rings (SSSR count). The van der Waals surface area contributed by atoms with Crippen LogP contribution in [0.5, 0.6) is 0 Å². The van der Waals surface area contributed by atoms with Crippen molar-refractivity contribution in [3.05, 3.63) is 37.5 Å². The maximum Gasteiger partial charge on any atom is 1.00 e. The summed E-state index contributed by atoms with van der Waals surface area (Å²) in [4.78, 5) is 20.7. The molecule has 0 radical (unpaired) electrons. The van der Waals surface area contributed by atoms with Crippen LogP contribution < -0.4 is 112 Å². The molecule has 14 heteroatoms. The largest absolute Gasteiger partial charge is 1.00 e. The molecule has 0 heterocycles. The van der Waals surface area contributed by atoms with Gasteiger partial charge < -0.3 is 9.11 Å². The number of carbonyl (C=O) groups is 2. The Hall–Kier alpha value is 1.25. The van der Waals surface area contributed by atoms with Gasteiger partial charge in [0.25, 0.3) is 11.8 Å². The average Bonchev–Trinajstić information content (AvgIpc) is 2.27. The van der Waals surface area contributed by atoms with Crippen molar-refractivity contribution in [2.75, 3.05) is 0 Å². The summed E-state index contributed by atoms with van der Waals surface area (Å²) in [7, 11) is -9.36. The number of hydrogen-bond donors (Lipinski definition) is 2. The van der Waals surface area contributed by atoms with E-state index in [0.29, 0.717) is 0 Å². The molecule has 0 aliphatic rings. The maximum absolute atomic E-state index is 10.4. The Labute approximate surface area is 227 Å². The monoisotopic (exact) mass is 434 g/mol. The van der Waals surface area contributed by atoms with E-state index < -0.39 is 32.4 Å². The van der Waals surface area contributed by atoms with Crippen molar-refractivity contribution in [3.8, 4) is 0 Å². The van der Waals surface area contributed by atoms with Gasteiger partial charge in [-0.3, -0.25) is 19.0 Å². The third-order valence-electron chi connectivity index (χ3n) is 1.21. The fourth-order valence-electron chi connectivity index (χ4n) is 0.401. The summed E-state index contributed by atoms with van der Waals surface area (Å²) in [5.41, 5.74) is -0.0566. The van der Waals surface area contributed by atoms with Crippen LogP contribution in [-0.2, 0) is 30.2 Å². The Kier molecular flexibility index (Phi) is 26.6. The van der Waals surface area contributed by atoms with Gasteiger partial charge in [-0.1, -0.05) is 13.2 Å². The van der Waals surface area contributed by atoms with Gasteiger partial charge in [-0.05, 0) is 13.8 Å². The quantitative estimate of drug-likeness (QED) is 0.190. The van der Waals surface area contributed by atoms with Crippen LogP contribution in [0.1, 0.15) is 13.8 Å². The van der Waals surface area contributed by atoms with E-state index in [1.807, 2.05) is 0 Å². The molecule has 0 fully saturated rings. The van der Waals surface area contributed by atoms with Crippen LogP contribution in [0.3, 0.4) is 0 Å². The van der Waals surface area contributed by atoms with Crippen LogP contribution in [0.15, 0.2) is 37.5 Å². The van der Waals surface area contributed by atoms with E-state index in [4.69, 9.17) is 0 Å². The molecular weight excluding hydrogens is 418 g/mol. The first-order valence-electron chi connectivity index (χ1n) is 5.02. The summed E-state index contributed by atoms with van der Waals surface area (Å²) in [5.74, 6) is -1.95. The van der Waals surface area contributed by atoms with Gasteiger partial charge in [-0.25, -0.2) is 16.8 Å². The summed E-state index contributed by atoms with van der Waals surface area (Å²) in [6, 6.07) is 0. The summed E-state index contributed by atoms with van der Waals surface area (Å²) < 4.78 is 61.3. The topological polar surface area (TPSA) is 173 Å². The normalized spacial score (nSPS) is 9.00. The first-order chi connectivity index (χ1) is 9.65. The molecule has 24 heavy (non-hydrogen) atoms. The summed E-state index contributed by atoms with van der Waals surface area (Å²) in [6.45, 7) is 14.8. The molecule has 0 aromatic heterocycles. The predicted octanol–water partition coefficient (Wildman–Crippen LogP) is -6.91. The van der Waals surface area contributed by atoms with Crippen molar-refractivity contribution in [2.45, 2.75) is 13.8 Å². The molecule has 0 unspecified atom stereocenters. The number of carbonyl (C=O) groups excluding carboxylic acids is 2. The standard InChI is InChI=1S/2C4H7NO4S.C2H4.2K/c2*1-3(2)4(6)5-10(7,8)9;1-2;;/h2*1H2,2H3,(H,5,6)(H,7,8,9);1-2H2;;/q;;;2*+1/p-2. The van der Waals surface area contributed by atoms with E-state index in [9.17, 15) is 35.5 Å². The van der Waals surface area contributed by atoms with Crippen LogP contribution >= 0.6 is 0 Å². The molecule has 0 atom stereocenters. The van der Waals surface area contributed by atoms with Crippen LogP contribution in [0, 0.1) is 0 Å². The predicted molar refractivity (Wildman–Crippen MR) is 76.6 cm³/mol. The van der Waals surface area contributed by atoms with E-state index in [2.05, 4.69) is 26.3 Å². The van der Waals surface area contributed by atoms with Crippen molar-refractivity contribution in [1.82, 2.24) is 9.44 Å². The van der Waals surface area contributed by atoms with E-state index in [1.165, 1.54) is 23.3 Å². The van der Waals surface area contributed by atoms with Gasteiger partial charge >= 0.3 is 103 Å². The SMILES string of the molecule is C=C.C=C(C)C(=O)NS(=O)(=O)[O-].C=C(C)C(=O)NS(=O)(=O)[O-].[K+].[K+].